The molecule has 2 N–H and O–H groups in total. The molecule has 3 aromatic rings. The maximum atomic E-state index is 6.41. The molecule has 0 amide bonds. The lowest BCUT2D eigenvalue weighted by atomic mass is 9.96. The van der Waals surface area contributed by atoms with Gasteiger partial charge in [-0.1, -0.05) is 24.3 Å². The molecular formula is C17H17N3. The summed E-state index contributed by atoms with van der Waals surface area (Å²) in [5.74, 6) is 0. The number of nitrogens with zero attached hydrogens (tertiary/aromatic N) is 2. The summed E-state index contributed by atoms with van der Waals surface area (Å²) in [6.07, 6.45) is 4.43. The summed E-state index contributed by atoms with van der Waals surface area (Å²) < 4.78 is 0. The van der Waals surface area contributed by atoms with Crippen molar-refractivity contribution >= 4 is 10.9 Å². The summed E-state index contributed by atoms with van der Waals surface area (Å²) in [4.78, 5) is 8.70. The van der Waals surface area contributed by atoms with Gasteiger partial charge in [0.1, 0.15) is 0 Å². The number of hydrogen-bond donors (Lipinski definition) is 1. The summed E-state index contributed by atoms with van der Waals surface area (Å²) >= 11 is 0. The van der Waals surface area contributed by atoms with Gasteiger partial charge in [0.05, 0.1) is 5.52 Å². The zero-order chi connectivity index (χ0) is 13.9. The fourth-order valence-electron chi connectivity index (χ4n) is 2.53. The Labute approximate surface area is 118 Å². The van der Waals surface area contributed by atoms with Gasteiger partial charge in [-0.15, -0.1) is 0 Å². The van der Waals surface area contributed by atoms with Crippen molar-refractivity contribution in [2.75, 3.05) is 0 Å². The monoisotopic (exact) mass is 263 g/mol. The van der Waals surface area contributed by atoms with Crippen LogP contribution in [0.15, 0.2) is 54.9 Å². The minimum atomic E-state index is -0.0502. The molecule has 1 atom stereocenters. The number of hydrogen-bond acceptors (Lipinski definition) is 3. The molecule has 3 heteroatoms. The molecule has 3 rings (SSSR count). The first-order valence-corrected chi connectivity index (χ1v) is 6.75. The van der Waals surface area contributed by atoms with Gasteiger partial charge in [0.2, 0.25) is 0 Å². The van der Waals surface area contributed by atoms with Gasteiger partial charge in [-0.25, -0.2) is 0 Å². The Morgan fingerprint density at radius 1 is 1.15 bits per heavy atom. The van der Waals surface area contributed by atoms with E-state index in [1.54, 1.807) is 6.20 Å². The standard InChI is InChI=1S/C17H17N3/c1-12-9-15(14-6-2-3-7-17(14)20-12)16(18)10-13-5-4-8-19-11-13/h2-9,11,16H,10,18H2,1H3. The minimum absolute atomic E-state index is 0.0502. The maximum absolute atomic E-state index is 6.41. The lowest BCUT2D eigenvalue weighted by molar-refractivity contribution is 0.724. The lowest BCUT2D eigenvalue weighted by Crippen LogP contribution is -2.14. The van der Waals surface area contributed by atoms with Crippen molar-refractivity contribution in [3.05, 3.63) is 71.7 Å². The van der Waals surface area contributed by atoms with E-state index in [9.17, 15) is 0 Å². The quantitative estimate of drug-likeness (QED) is 0.789. The molecule has 0 bridgehead atoms. The van der Waals surface area contributed by atoms with E-state index >= 15 is 0 Å². The molecule has 2 aromatic heterocycles. The van der Waals surface area contributed by atoms with Crippen molar-refractivity contribution < 1.29 is 0 Å². The molecule has 0 aliphatic rings. The summed E-state index contributed by atoms with van der Waals surface area (Å²) in [6.45, 7) is 2.01. The van der Waals surface area contributed by atoms with Crippen LogP contribution in [0, 0.1) is 6.92 Å². The first kappa shape index (κ1) is 12.8. The van der Waals surface area contributed by atoms with Crippen molar-refractivity contribution in [1.82, 2.24) is 9.97 Å². The highest BCUT2D eigenvalue weighted by atomic mass is 14.7. The van der Waals surface area contributed by atoms with E-state index in [1.165, 1.54) is 0 Å². The van der Waals surface area contributed by atoms with Gasteiger partial charge in [0, 0.05) is 29.5 Å². The number of aryl methyl sites for hydroxylation is 1. The Morgan fingerprint density at radius 2 is 2.00 bits per heavy atom. The molecule has 100 valence electrons. The van der Waals surface area contributed by atoms with E-state index in [2.05, 4.69) is 28.2 Å². The molecule has 0 saturated carbocycles. The van der Waals surface area contributed by atoms with Crippen molar-refractivity contribution in [3.63, 3.8) is 0 Å². The van der Waals surface area contributed by atoms with E-state index in [0.717, 1.165) is 34.1 Å². The number of aromatic nitrogens is 2. The Bertz CT molecular complexity index is 723. The van der Waals surface area contributed by atoms with E-state index in [0.29, 0.717) is 0 Å². The molecule has 1 aromatic carbocycles. The summed E-state index contributed by atoms with van der Waals surface area (Å²) in [5.41, 5.74) is 10.7. The van der Waals surface area contributed by atoms with Gasteiger partial charge in [0.15, 0.2) is 0 Å². The first-order valence-electron chi connectivity index (χ1n) is 6.75. The van der Waals surface area contributed by atoms with E-state index < -0.39 is 0 Å². The number of benzene rings is 1. The largest absolute Gasteiger partial charge is 0.324 e. The van der Waals surface area contributed by atoms with Crippen LogP contribution in [-0.2, 0) is 6.42 Å². The van der Waals surface area contributed by atoms with Gasteiger partial charge in [0.25, 0.3) is 0 Å². The summed E-state index contributed by atoms with van der Waals surface area (Å²) in [7, 11) is 0. The topological polar surface area (TPSA) is 51.8 Å². The second kappa shape index (κ2) is 5.39. The van der Waals surface area contributed by atoms with Crippen LogP contribution < -0.4 is 5.73 Å². The van der Waals surface area contributed by atoms with Gasteiger partial charge < -0.3 is 5.73 Å². The highest BCUT2D eigenvalue weighted by molar-refractivity contribution is 5.82. The molecule has 0 spiro atoms. The molecule has 0 radical (unpaired) electrons. The average molecular weight is 263 g/mol. The van der Waals surface area contributed by atoms with Gasteiger partial charge in [-0.05, 0) is 42.7 Å². The molecule has 20 heavy (non-hydrogen) atoms. The van der Waals surface area contributed by atoms with E-state index in [-0.39, 0.29) is 6.04 Å². The lowest BCUT2D eigenvalue weighted by Gasteiger charge is -2.15. The Hall–Kier alpha value is -2.26. The highest BCUT2D eigenvalue weighted by Crippen LogP contribution is 2.25. The van der Waals surface area contributed by atoms with Crippen LogP contribution in [0.5, 0.6) is 0 Å². The predicted molar refractivity (Wildman–Crippen MR) is 81.3 cm³/mol. The number of para-hydroxylation sites is 1. The highest BCUT2D eigenvalue weighted by Gasteiger charge is 2.12. The number of rotatable bonds is 3. The average Bonchev–Trinajstić information content (AvgIpc) is 2.47. The zero-order valence-electron chi connectivity index (χ0n) is 11.5. The maximum Gasteiger partial charge on any atom is 0.0708 e. The Kier molecular flexibility index (Phi) is 3.44. The summed E-state index contributed by atoms with van der Waals surface area (Å²) in [6, 6.07) is 14.2. The first-order chi connectivity index (χ1) is 9.74. The third-order valence-electron chi connectivity index (χ3n) is 3.45. The molecular weight excluding hydrogens is 246 g/mol. The number of fused-ring (bicyclic) bond motifs is 1. The minimum Gasteiger partial charge on any atom is -0.324 e. The van der Waals surface area contributed by atoms with Crippen LogP contribution in [-0.4, -0.2) is 9.97 Å². The van der Waals surface area contributed by atoms with Gasteiger partial charge in [-0.2, -0.15) is 0 Å². The second-order valence-corrected chi connectivity index (χ2v) is 5.04. The molecule has 0 saturated heterocycles. The van der Waals surface area contributed by atoms with Gasteiger partial charge in [-0.3, -0.25) is 9.97 Å². The molecule has 3 nitrogen and oxygen atoms in total. The zero-order valence-corrected chi connectivity index (χ0v) is 11.5. The summed E-state index contributed by atoms with van der Waals surface area (Å²) in [5, 5.41) is 1.13. The Balaban J connectivity index is 2.01. The van der Waals surface area contributed by atoms with Gasteiger partial charge >= 0.3 is 0 Å². The van der Waals surface area contributed by atoms with Crippen molar-refractivity contribution in [1.29, 1.82) is 0 Å². The fourth-order valence-corrected chi connectivity index (χ4v) is 2.53. The number of pyridine rings is 2. The molecule has 2 heterocycles. The third-order valence-corrected chi connectivity index (χ3v) is 3.45. The molecule has 0 aliphatic heterocycles. The number of nitrogens with two attached hydrogens (primary N) is 1. The van der Waals surface area contributed by atoms with Crippen LogP contribution in [0.3, 0.4) is 0 Å². The smallest absolute Gasteiger partial charge is 0.0708 e. The SMILES string of the molecule is Cc1cc(C(N)Cc2cccnc2)c2ccccc2n1. The molecule has 0 aliphatic carbocycles. The van der Waals surface area contributed by atoms with Crippen LogP contribution in [0.2, 0.25) is 0 Å². The van der Waals surface area contributed by atoms with Crippen LogP contribution in [0.25, 0.3) is 10.9 Å². The molecule has 0 fully saturated rings. The second-order valence-electron chi connectivity index (χ2n) is 5.04. The Morgan fingerprint density at radius 3 is 2.80 bits per heavy atom. The van der Waals surface area contributed by atoms with E-state index in [4.69, 9.17) is 5.73 Å². The fraction of sp³-hybridized carbons (Fsp3) is 0.176. The van der Waals surface area contributed by atoms with Crippen LogP contribution >= 0.6 is 0 Å². The normalized spacial score (nSPS) is 12.5. The van der Waals surface area contributed by atoms with E-state index in [1.807, 2.05) is 37.4 Å². The third kappa shape index (κ3) is 2.53. The van der Waals surface area contributed by atoms with Crippen LogP contribution in [0.4, 0.5) is 0 Å². The molecule has 1 unspecified atom stereocenters. The van der Waals surface area contributed by atoms with Crippen molar-refractivity contribution in [3.8, 4) is 0 Å². The predicted octanol–water partition coefficient (Wildman–Crippen LogP) is 3.18. The van der Waals surface area contributed by atoms with Crippen molar-refractivity contribution in [2.24, 2.45) is 5.73 Å². The van der Waals surface area contributed by atoms with Crippen molar-refractivity contribution in [2.45, 2.75) is 19.4 Å². The van der Waals surface area contributed by atoms with Crippen LogP contribution in [0.1, 0.15) is 22.9 Å².